The Bertz CT molecular complexity index is 840. The summed E-state index contributed by atoms with van der Waals surface area (Å²) < 4.78 is 40.3. The zero-order valence-corrected chi connectivity index (χ0v) is 15.8. The number of alkyl halides is 3. The molecule has 0 unspecified atom stereocenters. The molecule has 1 aromatic carbocycles. The number of benzene rings is 1. The van der Waals surface area contributed by atoms with Crippen molar-refractivity contribution in [2.45, 2.75) is 31.0 Å². The predicted octanol–water partition coefficient (Wildman–Crippen LogP) is 3.49. The van der Waals surface area contributed by atoms with Gasteiger partial charge in [-0.1, -0.05) is 23.7 Å². The third-order valence-electron chi connectivity index (χ3n) is 4.73. The number of aliphatic imine (C=N–C) groups is 1. The molecule has 1 aromatic heterocycles. The lowest BCUT2D eigenvalue weighted by Gasteiger charge is -2.19. The third-order valence-corrected chi connectivity index (χ3v) is 4.96. The summed E-state index contributed by atoms with van der Waals surface area (Å²) in [5, 5.41) is 10.3. The van der Waals surface area contributed by atoms with E-state index in [4.69, 9.17) is 11.6 Å². The van der Waals surface area contributed by atoms with Gasteiger partial charge >= 0.3 is 6.18 Å². The lowest BCUT2D eigenvalue weighted by molar-refractivity contribution is -0.142. The van der Waals surface area contributed by atoms with E-state index in [0.717, 1.165) is 23.1 Å². The van der Waals surface area contributed by atoms with Gasteiger partial charge in [0.2, 0.25) is 0 Å². The van der Waals surface area contributed by atoms with Gasteiger partial charge in [-0.15, -0.1) is 0 Å². The first kappa shape index (κ1) is 19.5. The maximum absolute atomic E-state index is 13.0. The first-order valence-corrected chi connectivity index (χ1v) is 8.92. The summed E-state index contributed by atoms with van der Waals surface area (Å²) in [6.45, 7) is 0.610. The van der Waals surface area contributed by atoms with E-state index in [1.54, 1.807) is 7.05 Å². The molecule has 0 saturated heterocycles. The fraction of sp³-hybridized carbons (Fsp3) is 0.444. The molecule has 5 nitrogen and oxygen atoms in total. The van der Waals surface area contributed by atoms with E-state index in [0.29, 0.717) is 17.5 Å². The minimum atomic E-state index is -4.49. The van der Waals surface area contributed by atoms with Gasteiger partial charge in [0.1, 0.15) is 0 Å². The number of rotatable bonds is 5. The van der Waals surface area contributed by atoms with E-state index < -0.39 is 11.9 Å². The Kier molecular flexibility index (Phi) is 5.37. The SMILES string of the molecule is CN=C(NCc1cn(C)nc1C(F)(F)F)NCC1(c2cccc(Cl)c2)CC1. The molecule has 27 heavy (non-hydrogen) atoms. The Balaban J connectivity index is 1.61. The summed E-state index contributed by atoms with van der Waals surface area (Å²) in [7, 11) is 3.05. The second kappa shape index (κ2) is 7.42. The highest BCUT2D eigenvalue weighted by molar-refractivity contribution is 6.30. The second-order valence-corrected chi connectivity index (χ2v) is 7.18. The molecule has 2 N–H and O–H groups in total. The topological polar surface area (TPSA) is 54.2 Å². The van der Waals surface area contributed by atoms with Crippen LogP contribution in [0.15, 0.2) is 35.5 Å². The van der Waals surface area contributed by atoms with Crippen LogP contribution in [0.4, 0.5) is 13.2 Å². The Hall–Kier alpha value is -2.22. The molecular weight excluding hydrogens is 379 g/mol. The third kappa shape index (κ3) is 4.55. The van der Waals surface area contributed by atoms with E-state index in [-0.39, 0.29) is 17.5 Å². The minimum absolute atomic E-state index is 0.00600. The molecule has 0 bridgehead atoms. The van der Waals surface area contributed by atoms with Crippen LogP contribution in [0.3, 0.4) is 0 Å². The van der Waals surface area contributed by atoms with Crippen molar-refractivity contribution >= 4 is 17.6 Å². The van der Waals surface area contributed by atoms with Crippen LogP contribution in [0.2, 0.25) is 5.02 Å². The first-order chi connectivity index (χ1) is 12.7. The van der Waals surface area contributed by atoms with E-state index >= 15 is 0 Å². The largest absolute Gasteiger partial charge is 0.435 e. The fourth-order valence-corrected chi connectivity index (χ4v) is 3.29. The van der Waals surface area contributed by atoms with Gasteiger partial charge in [0.25, 0.3) is 0 Å². The average molecular weight is 400 g/mol. The molecule has 0 radical (unpaired) electrons. The maximum atomic E-state index is 13.0. The highest BCUT2D eigenvalue weighted by atomic mass is 35.5. The fourth-order valence-electron chi connectivity index (χ4n) is 3.09. The number of guanidine groups is 1. The molecule has 1 aliphatic rings. The van der Waals surface area contributed by atoms with Crippen molar-refractivity contribution in [3.63, 3.8) is 0 Å². The predicted molar refractivity (Wildman–Crippen MR) is 98.8 cm³/mol. The molecule has 0 amide bonds. The van der Waals surface area contributed by atoms with Crippen molar-refractivity contribution < 1.29 is 13.2 Å². The number of hydrogen-bond acceptors (Lipinski definition) is 2. The zero-order valence-electron chi connectivity index (χ0n) is 15.1. The average Bonchev–Trinajstić information content (AvgIpc) is 3.30. The van der Waals surface area contributed by atoms with Crippen LogP contribution in [0, 0.1) is 0 Å². The summed E-state index contributed by atoms with van der Waals surface area (Å²) in [5.74, 6) is 0.445. The number of nitrogens with zero attached hydrogens (tertiary/aromatic N) is 3. The normalized spacial score (nSPS) is 16.3. The van der Waals surface area contributed by atoms with Gasteiger partial charge in [-0.3, -0.25) is 9.67 Å². The van der Waals surface area contributed by atoms with Crippen molar-refractivity contribution in [2.75, 3.05) is 13.6 Å². The molecule has 1 saturated carbocycles. The lowest BCUT2D eigenvalue weighted by atomic mass is 9.96. The monoisotopic (exact) mass is 399 g/mol. The van der Waals surface area contributed by atoms with E-state index in [1.165, 1.54) is 13.2 Å². The van der Waals surface area contributed by atoms with Gasteiger partial charge in [0, 0.05) is 49.4 Å². The molecule has 9 heteroatoms. The first-order valence-electron chi connectivity index (χ1n) is 8.54. The van der Waals surface area contributed by atoms with Crippen LogP contribution >= 0.6 is 11.6 Å². The highest BCUT2D eigenvalue weighted by Gasteiger charge is 2.44. The van der Waals surface area contributed by atoms with Gasteiger partial charge in [-0.2, -0.15) is 18.3 Å². The molecule has 2 aromatic rings. The van der Waals surface area contributed by atoms with Crippen LogP contribution in [0.1, 0.15) is 29.7 Å². The van der Waals surface area contributed by atoms with Crippen LogP contribution in [-0.2, 0) is 25.2 Å². The van der Waals surface area contributed by atoms with E-state index in [1.807, 2.05) is 24.3 Å². The molecule has 3 rings (SSSR count). The van der Waals surface area contributed by atoms with Gasteiger partial charge in [0.15, 0.2) is 11.7 Å². The van der Waals surface area contributed by atoms with Gasteiger partial charge in [-0.25, -0.2) is 0 Å². The van der Waals surface area contributed by atoms with Gasteiger partial charge < -0.3 is 10.6 Å². The number of halogens is 4. The van der Waals surface area contributed by atoms with E-state index in [2.05, 4.69) is 20.7 Å². The van der Waals surface area contributed by atoms with Crippen LogP contribution in [0.25, 0.3) is 0 Å². The number of nitrogens with one attached hydrogen (secondary N) is 2. The Morgan fingerprint density at radius 1 is 1.33 bits per heavy atom. The Labute approximate surface area is 160 Å². The molecule has 1 aliphatic carbocycles. The zero-order chi connectivity index (χ0) is 19.7. The van der Waals surface area contributed by atoms with Crippen LogP contribution < -0.4 is 10.6 Å². The standard InChI is InChI=1S/C18H21ClF3N5/c1-23-16(24-9-12-10-27(2)26-15(12)18(20,21)22)25-11-17(6-7-17)13-4-3-5-14(19)8-13/h3-5,8,10H,6-7,9,11H2,1-2H3,(H2,23,24,25). The Morgan fingerprint density at radius 2 is 2.07 bits per heavy atom. The summed E-state index contributed by atoms with van der Waals surface area (Å²) in [6.07, 6.45) is -1.08. The number of aryl methyl sites for hydroxylation is 1. The molecule has 0 atom stereocenters. The number of aromatic nitrogens is 2. The van der Waals surface area contributed by atoms with Gasteiger partial charge in [0.05, 0.1) is 0 Å². The molecule has 0 spiro atoms. The van der Waals surface area contributed by atoms with Crippen molar-refractivity contribution in [2.24, 2.45) is 12.0 Å². The molecule has 0 aliphatic heterocycles. The lowest BCUT2D eigenvalue weighted by Crippen LogP contribution is -2.41. The molecule has 1 heterocycles. The van der Waals surface area contributed by atoms with Gasteiger partial charge in [-0.05, 0) is 30.5 Å². The van der Waals surface area contributed by atoms with Crippen molar-refractivity contribution in [3.8, 4) is 0 Å². The highest BCUT2D eigenvalue weighted by Crippen LogP contribution is 2.48. The van der Waals surface area contributed by atoms with Crippen molar-refractivity contribution in [1.82, 2.24) is 20.4 Å². The molecular formula is C18H21ClF3N5. The molecule has 146 valence electrons. The quantitative estimate of drug-likeness (QED) is 0.597. The summed E-state index contributed by atoms with van der Waals surface area (Å²) >= 11 is 6.08. The smallest absolute Gasteiger partial charge is 0.356 e. The van der Waals surface area contributed by atoms with E-state index in [9.17, 15) is 13.2 Å². The Morgan fingerprint density at radius 3 is 2.67 bits per heavy atom. The minimum Gasteiger partial charge on any atom is -0.356 e. The molecule has 1 fully saturated rings. The number of hydrogen-bond donors (Lipinski definition) is 2. The second-order valence-electron chi connectivity index (χ2n) is 6.74. The summed E-state index contributed by atoms with van der Waals surface area (Å²) in [5.41, 5.74) is 0.340. The van der Waals surface area contributed by atoms with Crippen molar-refractivity contribution in [3.05, 3.63) is 52.3 Å². The maximum Gasteiger partial charge on any atom is 0.435 e. The van der Waals surface area contributed by atoms with Crippen LogP contribution in [-0.4, -0.2) is 29.3 Å². The summed E-state index contributed by atoms with van der Waals surface area (Å²) in [4.78, 5) is 4.10. The van der Waals surface area contributed by atoms with Crippen LogP contribution in [0.5, 0.6) is 0 Å². The summed E-state index contributed by atoms with van der Waals surface area (Å²) in [6, 6.07) is 7.76. The van der Waals surface area contributed by atoms with Crippen molar-refractivity contribution in [1.29, 1.82) is 0 Å².